The molecule has 0 aliphatic heterocycles. The molecule has 0 amide bonds. The lowest BCUT2D eigenvalue weighted by Crippen LogP contribution is -2.04. The molecule has 0 saturated carbocycles. The standard InChI is InChI=1S/C26H17F5O/c1-2-3-16-32-20-13-10-19(11-14-20)9-6-17-4-7-18(8-5-17)12-15-21-22(27)24(29)26(31)25(30)23(21)28/h4-5,7-8,10-11,13-14H,2-3,16H2,1H3. The fourth-order valence-corrected chi connectivity index (χ4v) is 2.60. The van der Waals surface area contributed by atoms with Crippen LogP contribution in [-0.2, 0) is 0 Å². The van der Waals surface area contributed by atoms with Crippen molar-refractivity contribution >= 4 is 0 Å². The van der Waals surface area contributed by atoms with E-state index in [0.717, 1.165) is 24.2 Å². The Morgan fingerprint density at radius 2 is 1.00 bits per heavy atom. The van der Waals surface area contributed by atoms with E-state index in [1.165, 1.54) is 12.1 Å². The fraction of sp³-hybridized carbons (Fsp3) is 0.154. The van der Waals surface area contributed by atoms with Crippen LogP contribution >= 0.6 is 0 Å². The van der Waals surface area contributed by atoms with Gasteiger partial charge in [0.05, 0.1) is 6.61 Å². The zero-order valence-corrected chi connectivity index (χ0v) is 17.0. The van der Waals surface area contributed by atoms with E-state index < -0.39 is 34.6 Å². The van der Waals surface area contributed by atoms with Gasteiger partial charge in [-0.05, 0) is 55.0 Å². The van der Waals surface area contributed by atoms with Crippen molar-refractivity contribution in [1.29, 1.82) is 0 Å². The second kappa shape index (κ2) is 10.5. The number of halogens is 5. The predicted octanol–water partition coefficient (Wildman–Crippen LogP) is 6.36. The highest BCUT2D eigenvalue weighted by molar-refractivity contribution is 5.49. The van der Waals surface area contributed by atoms with Gasteiger partial charge in [-0.1, -0.05) is 37.0 Å². The summed E-state index contributed by atoms with van der Waals surface area (Å²) in [5, 5.41) is 0. The second-order valence-electron chi connectivity index (χ2n) is 6.75. The third-order valence-corrected chi connectivity index (χ3v) is 4.40. The molecule has 3 aromatic rings. The summed E-state index contributed by atoms with van der Waals surface area (Å²) in [6, 6.07) is 13.7. The highest BCUT2D eigenvalue weighted by Gasteiger charge is 2.24. The van der Waals surface area contributed by atoms with Gasteiger partial charge in [-0.2, -0.15) is 0 Å². The third-order valence-electron chi connectivity index (χ3n) is 4.40. The number of ether oxygens (including phenoxy) is 1. The quantitative estimate of drug-likeness (QED) is 0.151. The molecule has 162 valence electrons. The summed E-state index contributed by atoms with van der Waals surface area (Å²) in [5.41, 5.74) is 0.610. The monoisotopic (exact) mass is 440 g/mol. The van der Waals surface area contributed by atoms with Crippen LogP contribution < -0.4 is 4.74 Å². The van der Waals surface area contributed by atoms with E-state index in [-0.39, 0.29) is 0 Å². The van der Waals surface area contributed by atoms with Gasteiger partial charge in [0.2, 0.25) is 5.82 Å². The number of hydrogen-bond acceptors (Lipinski definition) is 1. The Hall–Kier alpha value is -3.77. The molecule has 3 aromatic carbocycles. The molecular weight excluding hydrogens is 423 g/mol. The zero-order chi connectivity index (χ0) is 23.1. The summed E-state index contributed by atoms with van der Waals surface area (Å²) in [6.45, 7) is 2.76. The maximum Gasteiger partial charge on any atom is 0.200 e. The van der Waals surface area contributed by atoms with Gasteiger partial charge in [0.15, 0.2) is 23.3 Å². The Kier molecular flexibility index (Phi) is 7.52. The van der Waals surface area contributed by atoms with Crippen molar-refractivity contribution in [3.05, 3.63) is 99.9 Å². The highest BCUT2D eigenvalue weighted by atomic mass is 19.2. The minimum Gasteiger partial charge on any atom is -0.494 e. The minimum atomic E-state index is -2.22. The van der Waals surface area contributed by atoms with Crippen LogP contribution in [0.25, 0.3) is 0 Å². The molecule has 0 aliphatic carbocycles. The second-order valence-corrected chi connectivity index (χ2v) is 6.75. The molecule has 0 N–H and O–H groups in total. The number of hydrogen-bond donors (Lipinski definition) is 0. The van der Waals surface area contributed by atoms with Gasteiger partial charge in [-0.15, -0.1) is 0 Å². The van der Waals surface area contributed by atoms with Crippen LogP contribution in [-0.4, -0.2) is 6.61 Å². The first-order chi connectivity index (χ1) is 15.4. The van der Waals surface area contributed by atoms with Gasteiger partial charge < -0.3 is 4.74 Å². The first-order valence-electron chi connectivity index (χ1n) is 9.79. The summed E-state index contributed by atoms with van der Waals surface area (Å²) in [4.78, 5) is 0. The van der Waals surface area contributed by atoms with Crippen molar-refractivity contribution in [3.8, 4) is 29.4 Å². The maximum atomic E-state index is 13.7. The van der Waals surface area contributed by atoms with Crippen LogP contribution in [0.15, 0.2) is 48.5 Å². The lowest BCUT2D eigenvalue weighted by molar-refractivity contribution is 0.309. The van der Waals surface area contributed by atoms with E-state index >= 15 is 0 Å². The SMILES string of the molecule is CCCCOc1ccc(C#Cc2ccc(C#Cc3c(F)c(F)c(F)c(F)c3F)cc2)cc1. The Morgan fingerprint density at radius 1 is 0.594 bits per heavy atom. The smallest absolute Gasteiger partial charge is 0.200 e. The minimum absolute atomic E-state index is 0.327. The molecule has 0 bridgehead atoms. The lowest BCUT2D eigenvalue weighted by Gasteiger charge is -2.04. The number of rotatable bonds is 4. The maximum absolute atomic E-state index is 13.7. The summed E-state index contributed by atoms with van der Waals surface area (Å²) < 4.78 is 72.5. The van der Waals surface area contributed by atoms with Crippen LogP contribution in [0.1, 0.15) is 42.0 Å². The van der Waals surface area contributed by atoms with Crippen molar-refractivity contribution in [3.63, 3.8) is 0 Å². The van der Waals surface area contributed by atoms with Gasteiger partial charge in [-0.3, -0.25) is 0 Å². The van der Waals surface area contributed by atoms with Crippen LogP contribution in [0.4, 0.5) is 22.0 Å². The molecule has 0 heterocycles. The summed E-state index contributed by atoms with van der Waals surface area (Å²) in [6.07, 6.45) is 2.05. The van der Waals surface area contributed by atoms with Crippen molar-refractivity contribution in [2.24, 2.45) is 0 Å². The molecule has 0 aliphatic rings. The van der Waals surface area contributed by atoms with Crippen molar-refractivity contribution in [2.75, 3.05) is 6.61 Å². The molecule has 0 fully saturated rings. The fourth-order valence-electron chi connectivity index (χ4n) is 2.60. The van der Waals surface area contributed by atoms with Crippen LogP contribution in [0, 0.1) is 52.8 Å². The van der Waals surface area contributed by atoms with Crippen LogP contribution in [0.3, 0.4) is 0 Å². The van der Waals surface area contributed by atoms with Gasteiger partial charge in [-0.25, -0.2) is 22.0 Å². The molecule has 32 heavy (non-hydrogen) atoms. The molecule has 0 atom stereocenters. The van der Waals surface area contributed by atoms with E-state index in [1.807, 2.05) is 30.2 Å². The van der Waals surface area contributed by atoms with Gasteiger partial charge in [0.25, 0.3) is 0 Å². The highest BCUT2D eigenvalue weighted by Crippen LogP contribution is 2.22. The molecule has 0 spiro atoms. The first-order valence-corrected chi connectivity index (χ1v) is 9.79. The summed E-state index contributed by atoms with van der Waals surface area (Å²) in [7, 11) is 0. The molecule has 0 saturated heterocycles. The largest absolute Gasteiger partial charge is 0.494 e. The molecule has 1 nitrogen and oxygen atoms in total. The third kappa shape index (κ3) is 5.47. The van der Waals surface area contributed by atoms with Crippen molar-refractivity contribution in [1.82, 2.24) is 0 Å². The molecule has 6 heteroatoms. The molecular formula is C26H17F5O. The van der Waals surface area contributed by atoms with E-state index in [4.69, 9.17) is 4.74 Å². The van der Waals surface area contributed by atoms with E-state index in [1.54, 1.807) is 12.1 Å². The molecule has 0 unspecified atom stereocenters. The number of benzene rings is 3. The van der Waals surface area contributed by atoms with Crippen molar-refractivity contribution in [2.45, 2.75) is 19.8 Å². The molecule has 3 rings (SSSR count). The average molecular weight is 440 g/mol. The first kappa shape index (κ1) is 22.9. The topological polar surface area (TPSA) is 9.23 Å². The Bertz CT molecular complexity index is 1200. The van der Waals surface area contributed by atoms with Gasteiger partial charge in [0.1, 0.15) is 11.3 Å². The predicted molar refractivity (Wildman–Crippen MR) is 111 cm³/mol. The Balaban J connectivity index is 1.72. The van der Waals surface area contributed by atoms with E-state index in [9.17, 15) is 22.0 Å². The molecule has 0 radical (unpaired) electrons. The average Bonchev–Trinajstić information content (AvgIpc) is 2.82. The normalized spacial score (nSPS) is 10.1. The summed E-state index contributed by atoms with van der Waals surface area (Å²) in [5.74, 6) is 0.974. The van der Waals surface area contributed by atoms with Crippen LogP contribution in [0.5, 0.6) is 5.75 Å². The Morgan fingerprint density at radius 3 is 1.47 bits per heavy atom. The lowest BCUT2D eigenvalue weighted by atomic mass is 10.1. The van der Waals surface area contributed by atoms with E-state index in [0.29, 0.717) is 17.7 Å². The number of unbranched alkanes of at least 4 members (excludes halogenated alkanes) is 1. The van der Waals surface area contributed by atoms with Crippen molar-refractivity contribution < 1.29 is 26.7 Å². The van der Waals surface area contributed by atoms with Gasteiger partial charge >= 0.3 is 0 Å². The Labute approximate surface area is 182 Å². The zero-order valence-electron chi connectivity index (χ0n) is 17.0. The summed E-state index contributed by atoms with van der Waals surface area (Å²) >= 11 is 0. The van der Waals surface area contributed by atoms with E-state index in [2.05, 4.69) is 24.7 Å². The van der Waals surface area contributed by atoms with Crippen LogP contribution in [0.2, 0.25) is 0 Å². The molecule has 0 aromatic heterocycles. The van der Waals surface area contributed by atoms with Gasteiger partial charge in [0, 0.05) is 16.7 Å².